The highest BCUT2D eigenvalue weighted by molar-refractivity contribution is 5.73. The summed E-state index contributed by atoms with van der Waals surface area (Å²) in [5, 5.41) is 21.4. The smallest absolute Gasteiger partial charge is 0.475 e. The van der Waals surface area contributed by atoms with Crippen molar-refractivity contribution in [2.45, 2.75) is 18.5 Å². The Kier molecular flexibility index (Phi) is 12.3. The molecule has 0 aromatic heterocycles. The summed E-state index contributed by atoms with van der Waals surface area (Å²) in [6.45, 7) is 0. The molecule has 0 saturated carbocycles. The molecule has 134 valence electrons. The van der Waals surface area contributed by atoms with E-state index in [2.05, 4.69) is 0 Å². The van der Waals surface area contributed by atoms with Crippen LogP contribution in [0.5, 0.6) is 0 Å². The second-order valence-corrected chi connectivity index (χ2v) is 2.41. The summed E-state index contributed by atoms with van der Waals surface area (Å²) in [4.78, 5) is 26.7. The molecule has 0 atom stereocenters. The first-order valence-corrected chi connectivity index (χ1v) is 3.73. The van der Waals surface area contributed by atoms with Gasteiger partial charge in [-0.25, -0.2) is 14.4 Å². The van der Waals surface area contributed by atoms with Gasteiger partial charge in [-0.05, 0) is 0 Å². The Bertz CT molecular complexity index is 309. The number of aliphatic carboxylic acids is 3. The molecule has 0 aliphatic rings. The minimum atomic E-state index is -5.08. The number of carbonyl (C=O) groups is 3. The predicted molar refractivity (Wildman–Crippen MR) is 44.7 cm³/mol. The van der Waals surface area contributed by atoms with Crippen LogP contribution in [0.2, 0.25) is 0 Å². The van der Waals surface area contributed by atoms with Crippen molar-refractivity contribution in [1.82, 2.24) is 0 Å². The minimum absolute atomic E-state index is 0. The van der Waals surface area contributed by atoms with Gasteiger partial charge in [-0.1, -0.05) is 0 Å². The van der Waals surface area contributed by atoms with E-state index in [9.17, 15) is 39.5 Å². The summed E-state index contributed by atoms with van der Waals surface area (Å²) in [6.07, 6.45) is -15.3. The van der Waals surface area contributed by atoms with Crippen molar-refractivity contribution in [2.75, 3.05) is 0 Å². The van der Waals surface area contributed by atoms with Gasteiger partial charge in [0.2, 0.25) is 0 Å². The molecule has 5 N–H and O–H groups in total. The average molecular weight is 360 g/mol. The van der Waals surface area contributed by atoms with E-state index in [1.165, 1.54) is 0 Å². The largest absolute Gasteiger partial charge is 0.490 e. The SMILES string of the molecule is O.O=C(O)C(F)(F)F.O=C(O)C(F)(F)F.O=C(O)C(F)(F)F. The van der Waals surface area contributed by atoms with Gasteiger partial charge in [0.15, 0.2) is 0 Å². The van der Waals surface area contributed by atoms with Crippen LogP contribution in [-0.2, 0) is 14.4 Å². The molecular formula is C6H5F9O7. The second-order valence-electron chi connectivity index (χ2n) is 2.41. The first-order chi connectivity index (χ1) is 8.83. The fraction of sp³-hybridized carbons (Fsp3) is 0.500. The van der Waals surface area contributed by atoms with Crippen LogP contribution < -0.4 is 0 Å². The molecule has 0 heterocycles. The van der Waals surface area contributed by atoms with Crippen molar-refractivity contribution in [3.8, 4) is 0 Å². The topological polar surface area (TPSA) is 143 Å². The molecule has 22 heavy (non-hydrogen) atoms. The molecular weight excluding hydrogens is 355 g/mol. The lowest BCUT2D eigenvalue weighted by atomic mass is 10.7. The van der Waals surface area contributed by atoms with E-state index >= 15 is 0 Å². The maximum absolute atomic E-state index is 10.6. The summed E-state index contributed by atoms with van der Waals surface area (Å²) in [7, 11) is 0. The second kappa shape index (κ2) is 9.64. The molecule has 0 rings (SSSR count). The fourth-order valence-corrected chi connectivity index (χ4v) is 0. The highest BCUT2D eigenvalue weighted by Gasteiger charge is 2.39. The van der Waals surface area contributed by atoms with Gasteiger partial charge in [-0.15, -0.1) is 0 Å². The lowest BCUT2D eigenvalue weighted by Crippen LogP contribution is -2.21. The number of alkyl halides is 9. The van der Waals surface area contributed by atoms with Gasteiger partial charge in [0, 0.05) is 0 Å². The number of carboxylic acids is 3. The van der Waals surface area contributed by atoms with Gasteiger partial charge in [0.1, 0.15) is 0 Å². The highest BCUT2D eigenvalue weighted by Crippen LogP contribution is 2.14. The van der Waals surface area contributed by atoms with E-state index in [4.69, 9.17) is 29.7 Å². The van der Waals surface area contributed by atoms with Crippen molar-refractivity contribution in [3.63, 3.8) is 0 Å². The van der Waals surface area contributed by atoms with E-state index in [-0.39, 0.29) is 5.48 Å². The summed E-state index contributed by atoms with van der Waals surface area (Å²) >= 11 is 0. The van der Waals surface area contributed by atoms with Gasteiger partial charge in [-0.2, -0.15) is 39.5 Å². The zero-order valence-corrected chi connectivity index (χ0v) is 9.47. The molecule has 0 radical (unpaired) electrons. The fourth-order valence-electron chi connectivity index (χ4n) is 0. The van der Waals surface area contributed by atoms with Crippen LogP contribution in [0, 0.1) is 0 Å². The number of halogens is 9. The standard InChI is InChI=1S/3C2HF3O2.H2O/c3*3-2(4,5)1(6)7;/h3*(H,6,7);1H2. The van der Waals surface area contributed by atoms with Crippen LogP contribution in [0.3, 0.4) is 0 Å². The zero-order chi connectivity index (χ0) is 18.2. The maximum Gasteiger partial charge on any atom is 0.490 e. The molecule has 0 bridgehead atoms. The maximum atomic E-state index is 10.6. The van der Waals surface area contributed by atoms with Crippen LogP contribution in [0.15, 0.2) is 0 Å². The van der Waals surface area contributed by atoms with Crippen LogP contribution in [0.25, 0.3) is 0 Å². The Balaban J connectivity index is -0.000000108. The highest BCUT2D eigenvalue weighted by atomic mass is 19.4. The average Bonchev–Trinajstić information content (AvgIpc) is 2.14. The van der Waals surface area contributed by atoms with Crippen LogP contribution in [0.4, 0.5) is 39.5 Å². The van der Waals surface area contributed by atoms with Crippen LogP contribution in [-0.4, -0.2) is 57.2 Å². The van der Waals surface area contributed by atoms with E-state index in [0.29, 0.717) is 0 Å². The normalized spacial score (nSPS) is 10.8. The molecule has 0 saturated heterocycles. The van der Waals surface area contributed by atoms with Gasteiger partial charge in [0.25, 0.3) is 0 Å². The Morgan fingerprint density at radius 3 is 0.545 bits per heavy atom. The number of hydrogen-bond acceptors (Lipinski definition) is 3. The number of hydrogen-bond donors (Lipinski definition) is 3. The van der Waals surface area contributed by atoms with Gasteiger partial charge in [-0.3, -0.25) is 0 Å². The molecule has 7 nitrogen and oxygen atoms in total. The number of carboxylic acid groups (broad SMARTS) is 3. The minimum Gasteiger partial charge on any atom is -0.475 e. The van der Waals surface area contributed by atoms with Crippen molar-refractivity contribution in [3.05, 3.63) is 0 Å². The summed E-state index contributed by atoms with van der Waals surface area (Å²) < 4.78 is 95.2. The van der Waals surface area contributed by atoms with Crippen molar-refractivity contribution in [1.29, 1.82) is 0 Å². The quantitative estimate of drug-likeness (QED) is 0.552. The zero-order valence-electron chi connectivity index (χ0n) is 9.47. The third kappa shape index (κ3) is 20.1. The Morgan fingerprint density at radius 1 is 0.500 bits per heavy atom. The van der Waals surface area contributed by atoms with E-state index < -0.39 is 36.4 Å². The van der Waals surface area contributed by atoms with Crippen LogP contribution >= 0.6 is 0 Å². The third-order valence-electron chi connectivity index (χ3n) is 0.728. The van der Waals surface area contributed by atoms with E-state index in [0.717, 1.165) is 0 Å². The molecule has 0 amide bonds. The van der Waals surface area contributed by atoms with Gasteiger partial charge < -0.3 is 20.8 Å². The Labute approximate surface area is 112 Å². The van der Waals surface area contributed by atoms with Crippen molar-refractivity contribution in [2.24, 2.45) is 0 Å². The molecule has 0 aliphatic heterocycles. The summed E-state index contributed by atoms with van der Waals surface area (Å²) in [6, 6.07) is 0. The van der Waals surface area contributed by atoms with Crippen molar-refractivity contribution >= 4 is 17.9 Å². The van der Waals surface area contributed by atoms with E-state index in [1.807, 2.05) is 0 Å². The molecule has 0 aliphatic carbocycles. The molecule has 0 aromatic rings. The monoisotopic (exact) mass is 360 g/mol. The van der Waals surface area contributed by atoms with E-state index in [1.54, 1.807) is 0 Å². The first-order valence-electron chi connectivity index (χ1n) is 3.73. The first kappa shape index (κ1) is 28.0. The molecule has 0 spiro atoms. The lowest BCUT2D eigenvalue weighted by Gasteiger charge is -1.93. The Hall–Kier alpha value is -2.26. The van der Waals surface area contributed by atoms with Gasteiger partial charge >= 0.3 is 36.4 Å². The summed E-state index contributed by atoms with van der Waals surface area (Å²) in [5.74, 6) is -8.27. The lowest BCUT2D eigenvalue weighted by molar-refractivity contribution is -0.193. The summed E-state index contributed by atoms with van der Waals surface area (Å²) in [5.41, 5.74) is 0. The van der Waals surface area contributed by atoms with Gasteiger partial charge in [0.05, 0.1) is 0 Å². The predicted octanol–water partition coefficient (Wildman–Crippen LogP) is 1.08. The number of rotatable bonds is 0. The molecule has 0 unspecified atom stereocenters. The van der Waals surface area contributed by atoms with Crippen molar-refractivity contribution < 1.29 is 74.7 Å². The molecule has 16 heteroatoms. The molecule has 0 fully saturated rings. The third-order valence-corrected chi connectivity index (χ3v) is 0.728. The molecule has 0 aromatic carbocycles. The Morgan fingerprint density at radius 2 is 0.545 bits per heavy atom. The van der Waals surface area contributed by atoms with Crippen LogP contribution in [0.1, 0.15) is 0 Å².